The Morgan fingerprint density at radius 3 is 3.12 bits per heavy atom. The van der Waals surface area contributed by atoms with Gasteiger partial charge in [0.25, 0.3) is 0 Å². The van der Waals surface area contributed by atoms with Gasteiger partial charge in [-0.2, -0.15) is 0 Å². The van der Waals surface area contributed by atoms with Gasteiger partial charge in [0, 0.05) is 37.9 Å². The summed E-state index contributed by atoms with van der Waals surface area (Å²) in [5.74, 6) is 0. The first kappa shape index (κ1) is 10.2. The van der Waals surface area contributed by atoms with Crippen LogP contribution in [0.2, 0.25) is 0 Å². The summed E-state index contributed by atoms with van der Waals surface area (Å²) in [6.07, 6.45) is 7.45. The van der Waals surface area contributed by atoms with E-state index in [9.17, 15) is 0 Å². The Morgan fingerprint density at radius 1 is 1.31 bits per heavy atom. The summed E-state index contributed by atoms with van der Waals surface area (Å²) < 4.78 is 0. The Balaban J connectivity index is 1.63. The highest BCUT2D eigenvalue weighted by atomic mass is 15.2. The topological polar surface area (TPSA) is 41.0 Å². The number of nitrogens with zero attached hydrogens (tertiary/aromatic N) is 3. The first-order valence-electron chi connectivity index (χ1n) is 6.13. The van der Waals surface area contributed by atoms with Gasteiger partial charge in [0.2, 0.25) is 0 Å². The Hall–Kier alpha value is -1.00. The smallest absolute Gasteiger partial charge is 0.115 e. The van der Waals surface area contributed by atoms with E-state index in [1.807, 2.05) is 12.3 Å². The SMILES string of the molecule is c1cc(CN2CCC3CCC(C2)N3)ncn1. The minimum Gasteiger partial charge on any atom is -0.310 e. The van der Waals surface area contributed by atoms with Gasteiger partial charge >= 0.3 is 0 Å². The number of hydrogen-bond acceptors (Lipinski definition) is 4. The van der Waals surface area contributed by atoms with Gasteiger partial charge in [-0.1, -0.05) is 0 Å². The Kier molecular flexibility index (Phi) is 2.84. The molecule has 2 saturated heterocycles. The second-order valence-electron chi connectivity index (χ2n) is 4.86. The van der Waals surface area contributed by atoms with Gasteiger partial charge in [0.05, 0.1) is 5.69 Å². The summed E-state index contributed by atoms with van der Waals surface area (Å²) in [7, 11) is 0. The molecule has 4 heteroatoms. The van der Waals surface area contributed by atoms with Crippen LogP contribution >= 0.6 is 0 Å². The molecule has 0 aromatic carbocycles. The van der Waals surface area contributed by atoms with Gasteiger partial charge in [0.1, 0.15) is 6.33 Å². The van der Waals surface area contributed by atoms with Crippen molar-refractivity contribution in [3.05, 3.63) is 24.3 Å². The van der Waals surface area contributed by atoms with Crippen LogP contribution in [0.15, 0.2) is 18.6 Å². The van der Waals surface area contributed by atoms with E-state index < -0.39 is 0 Å². The Labute approximate surface area is 96.1 Å². The predicted octanol–water partition coefficient (Wildman–Crippen LogP) is 0.803. The number of likely N-dealkylation sites (tertiary alicyclic amines) is 1. The molecule has 0 aliphatic carbocycles. The van der Waals surface area contributed by atoms with Gasteiger partial charge in [-0.3, -0.25) is 4.90 Å². The molecule has 2 aliphatic heterocycles. The maximum atomic E-state index is 4.29. The highest BCUT2D eigenvalue weighted by Gasteiger charge is 2.29. The molecule has 0 amide bonds. The van der Waals surface area contributed by atoms with Crippen molar-refractivity contribution in [3.8, 4) is 0 Å². The van der Waals surface area contributed by atoms with E-state index in [-0.39, 0.29) is 0 Å². The van der Waals surface area contributed by atoms with Crippen LogP contribution in [0.1, 0.15) is 25.0 Å². The molecule has 0 radical (unpaired) electrons. The van der Waals surface area contributed by atoms with E-state index in [0.717, 1.165) is 18.3 Å². The molecule has 1 N–H and O–H groups in total. The van der Waals surface area contributed by atoms with Crippen LogP contribution in [0.25, 0.3) is 0 Å². The predicted molar refractivity (Wildman–Crippen MR) is 61.9 cm³/mol. The van der Waals surface area contributed by atoms with Crippen molar-refractivity contribution < 1.29 is 0 Å². The number of nitrogens with one attached hydrogen (secondary N) is 1. The summed E-state index contributed by atoms with van der Waals surface area (Å²) >= 11 is 0. The van der Waals surface area contributed by atoms with Crippen LogP contribution in [0.5, 0.6) is 0 Å². The molecule has 2 aliphatic rings. The van der Waals surface area contributed by atoms with Crippen molar-refractivity contribution in [3.63, 3.8) is 0 Å². The van der Waals surface area contributed by atoms with Gasteiger partial charge in [-0.25, -0.2) is 9.97 Å². The van der Waals surface area contributed by atoms with Crippen LogP contribution in [0, 0.1) is 0 Å². The summed E-state index contributed by atoms with van der Waals surface area (Å²) in [5.41, 5.74) is 1.13. The zero-order valence-electron chi connectivity index (χ0n) is 9.47. The zero-order valence-corrected chi connectivity index (χ0v) is 9.47. The molecule has 2 bridgehead atoms. The van der Waals surface area contributed by atoms with Crippen LogP contribution < -0.4 is 5.32 Å². The van der Waals surface area contributed by atoms with Crippen LogP contribution in [-0.2, 0) is 6.54 Å². The van der Waals surface area contributed by atoms with Gasteiger partial charge in [-0.05, 0) is 25.3 Å². The highest BCUT2D eigenvalue weighted by molar-refractivity contribution is 4.99. The largest absolute Gasteiger partial charge is 0.310 e. The second-order valence-corrected chi connectivity index (χ2v) is 4.86. The third-order valence-electron chi connectivity index (χ3n) is 3.64. The molecular formula is C12H18N4. The van der Waals surface area contributed by atoms with E-state index in [4.69, 9.17) is 0 Å². The molecule has 4 nitrogen and oxygen atoms in total. The molecule has 16 heavy (non-hydrogen) atoms. The van der Waals surface area contributed by atoms with E-state index in [2.05, 4.69) is 20.2 Å². The molecule has 0 saturated carbocycles. The minimum absolute atomic E-state index is 0.703. The second kappa shape index (κ2) is 4.47. The summed E-state index contributed by atoms with van der Waals surface area (Å²) in [6, 6.07) is 3.48. The fraction of sp³-hybridized carbons (Fsp3) is 0.667. The fourth-order valence-electron chi connectivity index (χ4n) is 2.80. The van der Waals surface area contributed by atoms with E-state index in [0.29, 0.717) is 6.04 Å². The van der Waals surface area contributed by atoms with E-state index >= 15 is 0 Å². The summed E-state index contributed by atoms with van der Waals surface area (Å²) in [5, 5.41) is 3.69. The van der Waals surface area contributed by atoms with Gasteiger partial charge in [0.15, 0.2) is 0 Å². The van der Waals surface area contributed by atoms with E-state index in [1.54, 1.807) is 6.33 Å². The van der Waals surface area contributed by atoms with Crippen molar-refractivity contribution in [1.82, 2.24) is 20.2 Å². The number of rotatable bonds is 2. The maximum Gasteiger partial charge on any atom is 0.115 e. The van der Waals surface area contributed by atoms with Crippen LogP contribution in [0.3, 0.4) is 0 Å². The molecule has 2 atom stereocenters. The normalized spacial score (nSPS) is 30.2. The third-order valence-corrected chi connectivity index (χ3v) is 3.64. The van der Waals surface area contributed by atoms with E-state index in [1.165, 1.54) is 32.4 Å². The molecule has 3 rings (SSSR count). The lowest BCUT2D eigenvalue weighted by Crippen LogP contribution is -2.35. The van der Waals surface area contributed by atoms with Crippen molar-refractivity contribution in [1.29, 1.82) is 0 Å². The number of aromatic nitrogens is 2. The highest BCUT2D eigenvalue weighted by Crippen LogP contribution is 2.21. The third kappa shape index (κ3) is 2.23. The monoisotopic (exact) mass is 218 g/mol. The Bertz CT molecular complexity index is 340. The molecular weight excluding hydrogens is 200 g/mol. The molecule has 2 fully saturated rings. The molecule has 3 heterocycles. The molecule has 1 aromatic heterocycles. The van der Waals surface area contributed by atoms with Crippen LogP contribution in [0.4, 0.5) is 0 Å². The fourth-order valence-corrected chi connectivity index (χ4v) is 2.80. The lowest BCUT2D eigenvalue weighted by molar-refractivity contribution is 0.248. The quantitative estimate of drug-likeness (QED) is 0.797. The minimum atomic E-state index is 0.703. The van der Waals surface area contributed by atoms with Crippen molar-refractivity contribution >= 4 is 0 Å². The van der Waals surface area contributed by atoms with Gasteiger partial charge < -0.3 is 5.32 Å². The van der Waals surface area contributed by atoms with Gasteiger partial charge in [-0.15, -0.1) is 0 Å². The van der Waals surface area contributed by atoms with Crippen molar-refractivity contribution in [2.75, 3.05) is 13.1 Å². The van der Waals surface area contributed by atoms with Crippen molar-refractivity contribution in [2.24, 2.45) is 0 Å². The lowest BCUT2D eigenvalue weighted by Gasteiger charge is -2.23. The number of fused-ring (bicyclic) bond motifs is 2. The first-order valence-corrected chi connectivity index (χ1v) is 6.13. The molecule has 2 unspecified atom stereocenters. The molecule has 1 aromatic rings. The molecule has 86 valence electrons. The first-order chi connectivity index (χ1) is 7.90. The standard InChI is InChI=1S/C12H18N4/c1-2-12-8-16(6-4-10(1)15-12)7-11-3-5-13-9-14-11/h3,5,9-10,12,15H,1-2,4,6-8H2. The van der Waals surface area contributed by atoms with Crippen molar-refractivity contribution in [2.45, 2.75) is 37.9 Å². The summed E-state index contributed by atoms with van der Waals surface area (Å²) in [4.78, 5) is 10.8. The van der Waals surface area contributed by atoms with Crippen LogP contribution in [-0.4, -0.2) is 40.0 Å². The molecule has 0 spiro atoms. The average Bonchev–Trinajstić information content (AvgIpc) is 2.64. The summed E-state index contributed by atoms with van der Waals surface area (Å²) in [6.45, 7) is 3.33. The Morgan fingerprint density at radius 2 is 2.25 bits per heavy atom. The lowest BCUT2D eigenvalue weighted by atomic mass is 10.1. The number of hydrogen-bond donors (Lipinski definition) is 1. The zero-order chi connectivity index (χ0) is 10.8. The average molecular weight is 218 g/mol. The maximum absolute atomic E-state index is 4.29.